The van der Waals surface area contributed by atoms with E-state index in [-0.39, 0.29) is 12.5 Å². The maximum absolute atomic E-state index is 12.8. The molecule has 8 heteroatoms. The molecule has 0 spiro atoms. The third kappa shape index (κ3) is 4.85. The van der Waals surface area contributed by atoms with E-state index in [0.29, 0.717) is 34.6 Å². The van der Waals surface area contributed by atoms with Gasteiger partial charge in [-0.05, 0) is 61.4 Å². The summed E-state index contributed by atoms with van der Waals surface area (Å²) in [5, 5.41) is 7.58. The first-order chi connectivity index (χ1) is 16.5. The molecule has 0 aliphatic carbocycles. The lowest BCUT2D eigenvalue weighted by Gasteiger charge is -2.11. The summed E-state index contributed by atoms with van der Waals surface area (Å²) in [5.74, 6) is 2.61. The van der Waals surface area contributed by atoms with Crippen molar-refractivity contribution >= 4 is 11.7 Å². The van der Waals surface area contributed by atoms with Crippen LogP contribution in [0.15, 0.2) is 66.9 Å². The van der Waals surface area contributed by atoms with Crippen LogP contribution in [0.3, 0.4) is 0 Å². The van der Waals surface area contributed by atoms with Gasteiger partial charge in [-0.3, -0.25) is 4.79 Å². The van der Waals surface area contributed by atoms with E-state index in [1.807, 2.05) is 68.4 Å². The van der Waals surface area contributed by atoms with Gasteiger partial charge < -0.3 is 19.5 Å². The second-order valence-electron chi connectivity index (χ2n) is 7.62. The summed E-state index contributed by atoms with van der Waals surface area (Å²) in [6, 6.07) is 18.5. The van der Waals surface area contributed by atoms with Crippen molar-refractivity contribution < 1.29 is 19.0 Å². The lowest BCUT2D eigenvalue weighted by Crippen LogP contribution is -2.22. The molecule has 2 aromatic heterocycles. The van der Waals surface area contributed by atoms with Gasteiger partial charge in [-0.2, -0.15) is 9.78 Å². The van der Waals surface area contributed by atoms with Crippen LogP contribution in [0, 0.1) is 13.8 Å². The van der Waals surface area contributed by atoms with Gasteiger partial charge >= 0.3 is 0 Å². The van der Waals surface area contributed by atoms with Crippen molar-refractivity contribution in [3.8, 4) is 34.3 Å². The van der Waals surface area contributed by atoms with E-state index in [1.165, 1.54) is 0 Å². The topological polar surface area (TPSA) is 87.5 Å². The van der Waals surface area contributed by atoms with E-state index in [0.717, 1.165) is 16.7 Å². The largest absolute Gasteiger partial charge is 0.493 e. The molecule has 0 unspecified atom stereocenters. The first-order valence-electron chi connectivity index (χ1n) is 10.7. The summed E-state index contributed by atoms with van der Waals surface area (Å²) in [5.41, 5.74) is 3.54. The number of carbonyl (C=O) groups is 1. The molecule has 0 atom stereocenters. The van der Waals surface area contributed by atoms with Crippen LogP contribution in [0.2, 0.25) is 0 Å². The lowest BCUT2D eigenvalue weighted by atomic mass is 10.1. The Kier molecular flexibility index (Phi) is 6.77. The van der Waals surface area contributed by atoms with E-state index in [9.17, 15) is 4.79 Å². The molecule has 0 radical (unpaired) electrons. The van der Waals surface area contributed by atoms with Crippen molar-refractivity contribution in [2.45, 2.75) is 13.8 Å². The van der Waals surface area contributed by atoms with E-state index in [4.69, 9.17) is 14.2 Å². The molecular formula is C26H26N4O4. The van der Waals surface area contributed by atoms with Gasteiger partial charge in [0.05, 0.1) is 19.9 Å². The van der Waals surface area contributed by atoms with Crippen LogP contribution in [0.5, 0.6) is 17.2 Å². The molecule has 8 nitrogen and oxygen atoms in total. The Morgan fingerprint density at radius 2 is 1.76 bits per heavy atom. The van der Waals surface area contributed by atoms with E-state index < -0.39 is 0 Å². The molecule has 0 aliphatic rings. The number of hydrogen-bond donors (Lipinski definition) is 1. The van der Waals surface area contributed by atoms with E-state index in [2.05, 4.69) is 15.4 Å². The van der Waals surface area contributed by atoms with Crippen molar-refractivity contribution in [2.75, 3.05) is 26.1 Å². The fourth-order valence-electron chi connectivity index (χ4n) is 3.46. The number of carbonyl (C=O) groups excluding carboxylic acids is 1. The zero-order chi connectivity index (χ0) is 24.1. The van der Waals surface area contributed by atoms with E-state index >= 15 is 0 Å². The first kappa shape index (κ1) is 22.8. The maximum Gasteiger partial charge on any atom is 0.263 e. The third-order valence-electron chi connectivity index (χ3n) is 5.44. The Hall–Kier alpha value is -4.33. The van der Waals surface area contributed by atoms with Gasteiger partial charge in [0.1, 0.15) is 11.6 Å². The molecule has 0 saturated carbocycles. The number of anilines is 1. The van der Waals surface area contributed by atoms with Gasteiger partial charge in [-0.25, -0.2) is 4.98 Å². The molecule has 174 valence electrons. The minimum absolute atomic E-state index is 0.136. The van der Waals surface area contributed by atoms with Crippen LogP contribution >= 0.6 is 0 Å². The van der Waals surface area contributed by atoms with Crippen LogP contribution in [0.1, 0.15) is 11.1 Å². The molecular weight excluding hydrogens is 432 g/mol. The standard InChI is InChI=1S/C26H26N4O4/c1-17-8-7-9-21(18(17)2)34-16-26(31)28-25-15-20(29-30(25)24-10-5-6-13-27-24)19-11-12-22(32-3)23(14-19)33-4/h5-15H,16H2,1-4H3,(H,28,31). The van der Waals surface area contributed by atoms with Crippen molar-refractivity contribution in [1.82, 2.24) is 14.8 Å². The number of methoxy groups -OCH3 is 2. The normalized spacial score (nSPS) is 10.6. The number of ether oxygens (including phenoxy) is 3. The van der Waals surface area contributed by atoms with Crippen LogP contribution in [-0.4, -0.2) is 41.5 Å². The molecule has 4 aromatic rings. The molecule has 4 rings (SSSR count). The molecule has 34 heavy (non-hydrogen) atoms. The number of aryl methyl sites for hydroxylation is 1. The summed E-state index contributed by atoms with van der Waals surface area (Å²) in [6.07, 6.45) is 1.67. The van der Waals surface area contributed by atoms with Crippen molar-refractivity contribution in [3.63, 3.8) is 0 Å². The highest BCUT2D eigenvalue weighted by Gasteiger charge is 2.16. The summed E-state index contributed by atoms with van der Waals surface area (Å²) in [4.78, 5) is 17.1. The quantitative estimate of drug-likeness (QED) is 0.416. The number of aromatic nitrogens is 3. The van der Waals surface area contributed by atoms with Gasteiger partial charge in [0, 0.05) is 17.8 Å². The van der Waals surface area contributed by atoms with Gasteiger partial charge in [-0.15, -0.1) is 0 Å². The highest BCUT2D eigenvalue weighted by molar-refractivity contribution is 5.92. The minimum Gasteiger partial charge on any atom is -0.493 e. The van der Waals surface area contributed by atoms with E-state index in [1.54, 1.807) is 31.2 Å². The fourth-order valence-corrected chi connectivity index (χ4v) is 3.46. The van der Waals surface area contributed by atoms with Gasteiger partial charge in [0.15, 0.2) is 23.9 Å². The molecule has 2 heterocycles. The summed E-state index contributed by atoms with van der Waals surface area (Å²) >= 11 is 0. The zero-order valence-electron chi connectivity index (χ0n) is 19.5. The first-order valence-corrected chi connectivity index (χ1v) is 10.7. The van der Waals surface area contributed by atoms with Crippen molar-refractivity contribution in [1.29, 1.82) is 0 Å². The van der Waals surface area contributed by atoms with Gasteiger partial charge in [-0.1, -0.05) is 18.2 Å². The lowest BCUT2D eigenvalue weighted by molar-refractivity contribution is -0.118. The third-order valence-corrected chi connectivity index (χ3v) is 5.44. The average Bonchev–Trinajstić information content (AvgIpc) is 3.28. The second-order valence-corrected chi connectivity index (χ2v) is 7.62. The number of nitrogens with zero attached hydrogens (tertiary/aromatic N) is 3. The number of pyridine rings is 1. The Labute approximate surface area is 198 Å². The van der Waals surface area contributed by atoms with Crippen molar-refractivity contribution in [2.24, 2.45) is 0 Å². The highest BCUT2D eigenvalue weighted by Crippen LogP contribution is 2.33. The number of benzene rings is 2. The Morgan fingerprint density at radius 3 is 2.50 bits per heavy atom. The van der Waals surface area contributed by atoms with Crippen LogP contribution < -0.4 is 19.5 Å². The molecule has 1 N–H and O–H groups in total. The van der Waals surface area contributed by atoms with Crippen LogP contribution in [-0.2, 0) is 4.79 Å². The summed E-state index contributed by atoms with van der Waals surface area (Å²) in [6.45, 7) is 3.83. The molecule has 0 saturated heterocycles. The van der Waals surface area contributed by atoms with Crippen LogP contribution in [0.25, 0.3) is 17.1 Å². The molecule has 0 aliphatic heterocycles. The number of amides is 1. The SMILES string of the molecule is COc1ccc(-c2cc(NC(=O)COc3cccc(C)c3C)n(-c3ccccn3)n2)cc1OC. The Balaban J connectivity index is 1.61. The predicted molar refractivity (Wildman–Crippen MR) is 130 cm³/mol. The number of hydrogen-bond acceptors (Lipinski definition) is 6. The molecule has 1 amide bonds. The van der Waals surface area contributed by atoms with Gasteiger partial charge in [0.25, 0.3) is 5.91 Å². The predicted octanol–water partition coefficient (Wildman–Crippen LogP) is 4.59. The minimum atomic E-state index is -0.308. The monoisotopic (exact) mass is 458 g/mol. The number of rotatable bonds is 8. The fraction of sp³-hybridized carbons (Fsp3) is 0.192. The Morgan fingerprint density at radius 1 is 0.941 bits per heavy atom. The summed E-state index contributed by atoms with van der Waals surface area (Å²) in [7, 11) is 3.16. The average molecular weight is 459 g/mol. The maximum atomic E-state index is 12.8. The summed E-state index contributed by atoms with van der Waals surface area (Å²) < 4.78 is 18.1. The van der Waals surface area contributed by atoms with Gasteiger partial charge in [0.2, 0.25) is 0 Å². The second kappa shape index (κ2) is 10.1. The smallest absolute Gasteiger partial charge is 0.263 e. The Bertz CT molecular complexity index is 1300. The molecule has 0 fully saturated rings. The zero-order valence-corrected chi connectivity index (χ0v) is 19.5. The van der Waals surface area contributed by atoms with Crippen LogP contribution in [0.4, 0.5) is 5.82 Å². The molecule has 2 aromatic carbocycles. The van der Waals surface area contributed by atoms with Crippen molar-refractivity contribution in [3.05, 3.63) is 78.0 Å². The highest BCUT2D eigenvalue weighted by atomic mass is 16.5. The molecule has 0 bridgehead atoms. The number of nitrogens with one attached hydrogen (secondary N) is 1.